The van der Waals surface area contributed by atoms with E-state index in [0.29, 0.717) is 12.5 Å². The molecule has 2 fully saturated rings. The molecule has 0 aromatic rings. The SMILES string of the molecule is CC(=O)N1CCC(CC2CCN(C(=O)OCC(C)C)CC2)CC1. The first-order chi connectivity index (χ1) is 11.0. The molecule has 2 aliphatic rings. The van der Waals surface area contributed by atoms with Gasteiger partial charge in [-0.1, -0.05) is 13.8 Å². The van der Waals surface area contributed by atoms with Crippen LogP contribution in [-0.2, 0) is 9.53 Å². The van der Waals surface area contributed by atoms with Crippen LogP contribution in [0.1, 0.15) is 52.9 Å². The summed E-state index contributed by atoms with van der Waals surface area (Å²) in [6, 6.07) is 0. The van der Waals surface area contributed by atoms with Crippen molar-refractivity contribution in [1.29, 1.82) is 0 Å². The highest BCUT2D eigenvalue weighted by atomic mass is 16.6. The molecule has 0 atom stereocenters. The fourth-order valence-corrected chi connectivity index (χ4v) is 3.64. The maximum Gasteiger partial charge on any atom is 0.409 e. The molecule has 2 rings (SSSR count). The zero-order valence-electron chi connectivity index (χ0n) is 14.9. The van der Waals surface area contributed by atoms with Crippen LogP contribution in [0, 0.1) is 17.8 Å². The number of rotatable bonds is 4. The number of nitrogens with zero attached hydrogens (tertiary/aromatic N) is 2. The monoisotopic (exact) mass is 324 g/mol. The zero-order valence-corrected chi connectivity index (χ0v) is 14.9. The molecule has 0 aromatic carbocycles. The van der Waals surface area contributed by atoms with Crippen LogP contribution in [0.3, 0.4) is 0 Å². The van der Waals surface area contributed by atoms with Crippen molar-refractivity contribution in [1.82, 2.24) is 9.80 Å². The van der Waals surface area contributed by atoms with Crippen LogP contribution in [0.4, 0.5) is 4.79 Å². The van der Waals surface area contributed by atoms with Gasteiger partial charge in [-0.3, -0.25) is 4.79 Å². The molecule has 132 valence electrons. The molecule has 0 aromatic heterocycles. The third kappa shape index (κ3) is 5.70. The predicted molar refractivity (Wildman–Crippen MR) is 90.1 cm³/mol. The number of hydrogen-bond acceptors (Lipinski definition) is 3. The summed E-state index contributed by atoms with van der Waals surface area (Å²) in [5.74, 6) is 2.06. The van der Waals surface area contributed by atoms with Gasteiger partial charge in [0.1, 0.15) is 0 Å². The highest BCUT2D eigenvalue weighted by molar-refractivity contribution is 5.73. The standard InChI is InChI=1S/C18H32N2O3/c1-14(2)13-23-18(22)20-10-6-17(7-11-20)12-16-4-8-19(9-5-16)15(3)21/h14,16-17H,4-13H2,1-3H3. The number of likely N-dealkylation sites (tertiary alicyclic amines) is 2. The van der Waals surface area contributed by atoms with Crippen molar-refractivity contribution < 1.29 is 14.3 Å². The van der Waals surface area contributed by atoms with E-state index in [2.05, 4.69) is 13.8 Å². The minimum Gasteiger partial charge on any atom is -0.449 e. The molecule has 2 aliphatic heterocycles. The maximum atomic E-state index is 12.0. The minimum atomic E-state index is -0.146. The summed E-state index contributed by atoms with van der Waals surface area (Å²) in [4.78, 5) is 27.2. The second-order valence-corrected chi connectivity index (χ2v) is 7.59. The maximum absolute atomic E-state index is 12.0. The second kappa shape index (κ2) is 8.55. The van der Waals surface area contributed by atoms with E-state index >= 15 is 0 Å². The average Bonchev–Trinajstić information content (AvgIpc) is 2.54. The van der Waals surface area contributed by atoms with Crippen molar-refractivity contribution in [3.8, 4) is 0 Å². The Hall–Kier alpha value is -1.26. The van der Waals surface area contributed by atoms with Gasteiger partial charge in [-0.25, -0.2) is 4.79 Å². The predicted octanol–water partition coefficient (Wildman–Crippen LogP) is 3.14. The summed E-state index contributed by atoms with van der Waals surface area (Å²) in [7, 11) is 0. The molecule has 2 heterocycles. The van der Waals surface area contributed by atoms with Crippen molar-refractivity contribution >= 4 is 12.0 Å². The van der Waals surface area contributed by atoms with E-state index in [-0.39, 0.29) is 12.0 Å². The molecular formula is C18H32N2O3. The number of carbonyl (C=O) groups excluding carboxylic acids is 2. The lowest BCUT2D eigenvalue weighted by Gasteiger charge is -2.36. The first-order valence-corrected chi connectivity index (χ1v) is 9.13. The quantitative estimate of drug-likeness (QED) is 0.798. The van der Waals surface area contributed by atoms with Gasteiger partial charge in [0.05, 0.1) is 6.61 Å². The van der Waals surface area contributed by atoms with Gasteiger partial charge in [-0.15, -0.1) is 0 Å². The zero-order chi connectivity index (χ0) is 16.8. The first kappa shape index (κ1) is 18.1. The highest BCUT2D eigenvalue weighted by Gasteiger charge is 2.28. The average molecular weight is 324 g/mol. The van der Waals surface area contributed by atoms with E-state index in [4.69, 9.17) is 4.74 Å². The lowest BCUT2D eigenvalue weighted by Crippen LogP contribution is -2.41. The third-order valence-corrected chi connectivity index (χ3v) is 5.14. The van der Waals surface area contributed by atoms with Gasteiger partial charge in [0.2, 0.25) is 5.91 Å². The van der Waals surface area contributed by atoms with Gasteiger partial charge in [-0.2, -0.15) is 0 Å². The molecule has 0 unspecified atom stereocenters. The fraction of sp³-hybridized carbons (Fsp3) is 0.889. The van der Waals surface area contributed by atoms with Crippen molar-refractivity contribution in [2.75, 3.05) is 32.8 Å². The number of carbonyl (C=O) groups is 2. The largest absolute Gasteiger partial charge is 0.449 e. The summed E-state index contributed by atoms with van der Waals surface area (Å²) in [5, 5.41) is 0. The molecule has 0 N–H and O–H groups in total. The Morgan fingerprint density at radius 3 is 1.87 bits per heavy atom. The first-order valence-electron chi connectivity index (χ1n) is 9.13. The van der Waals surface area contributed by atoms with Crippen LogP contribution < -0.4 is 0 Å². The van der Waals surface area contributed by atoms with Gasteiger partial charge < -0.3 is 14.5 Å². The van der Waals surface area contributed by atoms with E-state index < -0.39 is 0 Å². The lowest BCUT2D eigenvalue weighted by atomic mass is 9.83. The van der Waals surface area contributed by atoms with E-state index in [0.717, 1.165) is 63.7 Å². The van der Waals surface area contributed by atoms with Gasteiger partial charge in [-0.05, 0) is 49.9 Å². The van der Waals surface area contributed by atoms with Crippen LogP contribution in [-0.4, -0.2) is 54.6 Å². The second-order valence-electron chi connectivity index (χ2n) is 7.59. The molecular weight excluding hydrogens is 292 g/mol. The summed E-state index contributed by atoms with van der Waals surface area (Å²) in [6.45, 7) is 9.76. The van der Waals surface area contributed by atoms with Crippen LogP contribution >= 0.6 is 0 Å². The van der Waals surface area contributed by atoms with E-state index in [9.17, 15) is 9.59 Å². The Balaban J connectivity index is 1.65. The molecule has 0 spiro atoms. The molecule has 5 nitrogen and oxygen atoms in total. The summed E-state index contributed by atoms with van der Waals surface area (Å²) < 4.78 is 5.31. The van der Waals surface area contributed by atoms with Crippen molar-refractivity contribution in [3.05, 3.63) is 0 Å². The van der Waals surface area contributed by atoms with Gasteiger partial charge >= 0.3 is 6.09 Å². The Morgan fingerprint density at radius 1 is 0.957 bits per heavy atom. The summed E-state index contributed by atoms with van der Waals surface area (Å²) in [5.41, 5.74) is 0. The summed E-state index contributed by atoms with van der Waals surface area (Å²) >= 11 is 0. The molecule has 5 heteroatoms. The lowest BCUT2D eigenvalue weighted by molar-refractivity contribution is -0.130. The van der Waals surface area contributed by atoms with Crippen LogP contribution in [0.15, 0.2) is 0 Å². The Bertz CT molecular complexity index is 395. The third-order valence-electron chi connectivity index (χ3n) is 5.14. The smallest absolute Gasteiger partial charge is 0.409 e. The van der Waals surface area contributed by atoms with Gasteiger partial charge in [0.25, 0.3) is 0 Å². The normalized spacial score (nSPS) is 20.9. The number of ether oxygens (including phenoxy) is 1. The molecule has 23 heavy (non-hydrogen) atoms. The summed E-state index contributed by atoms with van der Waals surface area (Å²) in [6.07, 6.45) is 5.55. The minimum absolute atomic E-state index is 0.146. The Labute approximate surface area is 140 Å². The number of hydrogen-bond donors (Lipinski definition) is 0. The van der Waals surface area contributed by atoms with Crippen LogP contribution in [0.25, 0.3) is 0 Å². The van der Waals surface area contributed by atoms with Crippen LogP contribution in [0.5, 0.6) is 0 Å². The highest BCUT2D eigenvalue weighted by Crippen LogP contribution is 2.30. The van der Waals surface area contributed by atoms with Crippen LogP contribution in [0.2, 0.25) is 0 Å². The van der Waals surface area contributed by atoms with Crippen molar-refractivity contribution in [3.63, 3.8) is 0 Å². The number of piperidine rings is 2. The van der Waals surface area contributed by atoms with E-state index in [1.807, 2.05) is 9.80 Å². The number of amides is 2. The van der Waals surface area contributed by atoms with E-state index in [1.165, 1.54) is 6.42 Å². The topological polar surface area (TPSA) is 49.9 Å². The van der Waals surface area contributed by atoms with Crippen molar-refractivity contribution in [2.24, 2.45) is 17.8 Å². The molecule has 2 amide bonds. The Kier molecular flexibility index (Phi) is 6.72. The fourth-order valence-electron chi connectivity index (χ4n) is 3.64. The van der Waals surface area contributed by atoms with E-state index in [1.54, 1.807) is 6.92 Å². The van der Waals surface area contributed by atoms with Gasteiger partial charge in [0.15, 0.2) is 0 Å². The molecule has 0 radical (unpaired) electrons. The molecule has 2 saturated heterocycles. The molecule has 0 saturated carbocycles. The van der Waals surface area contributed by atoms with Crippen molar-refractivity contribution in [2.45, 2.75) is 52.9 Å². The molecule has 0 bridgehead atoms. The van der Waals surface area contributed by atoms with Gasteiger partial charge in [0, 0.05) is 33.1 Å². The Morgan fingerprint density at radius 2 is 1.43 bits per heavy atom. The molecule has 0 aliphatic carbocycles.